The van der Waals surface area contributed by atoms with Gasteiger partial charge in [0.2, 0.25) is 0 Å². The highest BCUT2D eigenvalue weighted by Crippen LogP contribution is 2.24. The van der Waals surface area contributed by atoms with Gasteiger partial charge in [-0.05, 0) is 49.4 Å². The largest absolute Gasteiger partial charge is 0.370 e. The van der Waals surface area contributed by atoms with Crippen LogP contribution < -0.4 is 10.2 Å². The Hall–Kier alpha value is -1.39. The summed E-state index contributed by atoms with van der Waals surface area (Å²) in [5, 5.41) is 3.35. The normalized spacial score (nSPS) is 10.8. The topological polar surface area (TPSA) is 15.3 Å². The number of hydrogen-bond acceptors (Lipinski definition) is 3. The fourth-order valence-corrected chi connectivity index (χ4v) is 3.15. The molecule has 0 saturated heterocycles. The van der Waals surface area contributed by atoms with Gasteiger partial charge in [0, 0.05) is 35.6 Å². The maximum absolute atomic E-state index is 12.9. The zero-order valence-electron chi connectivity index (χ0n) is 12.2. The predicted molar refractivity (Wildman–Crippen MR) is 84.9 cm³/mol. The maximum atomic E-state index is 12.9. The van der Waals surface area contributed by atoms with Crippen LogP contribution in [0.1, 0.15) is 22.2 Å². The lowest BCUT2D eigenvalue weighted by Crippen LogP contribution is -2.16. The summed E-state index contributed by atoms with van der Waals surface area (Å²) in [5.41, 5.74) is 2.37. The Kier molecular flexibility index (Phi) is 5.15. The number of aryl methyl sites for hydroxylation is 1. The number of rotatable bonds is 6. The van der Waals surface area contributed by atoms with E-state index in [0.29, 0.717) is 0 Å². The average molecular weight is 292 g/mol. The van der Waals surface area contributed by atoms with Gasteiger partial charge in [-0.2, -0.15) is 0 Å². The monoisotopic (exact) mass is 292 g/mol. The van der Waals surface area contributed by atoms with Gasteiger partial charge in [0.1, 0.15) is 5.82 Å². The van der Waals surface area contributed by atoms with E-state index in [-0.39, 0.29) is 5.82 Å². The van der Waals surface area contributed by atoms with Crippen LogP contribution in [0, 0.1) is 12.7 Å². The highest BCUT2D eigenvalue weighted by Gasteiger charge is 2.08. The summed E-state index contributed by atoms with van der Waals surface area (Å²) in [6, 6.07) is 8.90. The van der Waals surface area contributed by atoms with Crippen molar-refractivity contribution in [3.05, 3.63) is 51.5 Å². The van der Waals surface area contributed by atoms with Gasteiger partial charge < -0.3 is 10.2 Å². The first-order chi connectivity index (χ1) is 9.60. The van der Waals surface area contributed by atoms with Gasteiger partial charge in [0.25, 0.3) is 0 Å². The summed E-state index contributed by atoms with van der Waals surface area (Å²) in [7, 11) is 2.04. The molecule has 0 saturated carbocycles. The van der Waals surface area contributed by atoms with Crippen LogP contribution in [0.2, 0.25) is 0 Å². The number of thiophene rings is 1. The minimum absolute atomic E-state index is 0.193. The van der Waals surface area contributed by atoms with Crippen molar-refractivity contribution in [2.24, 2.45) is 0 Å². The molecule has 0 unspecified atom stereocenters. The number of nitrogens with zero attached hydrogens (tertiary/aromatic N) is 1. The zero-order valence-corrected chi connectivity index (χ0v) is 13.1. The van der Waals surface area contributed by atoms with Crippen LogP contribution in [-0.2, 0) is 13.1 Å². The van der Waals surface area contributed by atoms with Gasteiger partial charge in [0.05, 0.1) is 0 Å². The molecule has 0 amide bonds. The van der Waals surface area contributed by atoms with E-state index < -0.39 is 0 Å². The second-order valence-corrected chi connectivity index (χ2v) is 6.25. The highest BCUT2D eigenvalue weighted by molar-refractivity contribution is 7.12. The second kappa shape index (κ2) is 6.86. The number of halogens is 1. The fraction of sp³-hybridized carbons (Fsp3) is 0.375. The summed E-state index contributed by atoms with van der Waals surface area (Å²) in [6.07, 6.45) is 0. The molecule has 1 aromatic carbocycles. The fourth-order valence-electron chi connectivity index (χ4n) is 2.12. The molecule has 2 nitrogen and oxygen atoms in total. The minimum Gasteiger partial charge on any atom is -0.370 e. The Morgan fingerprint density at radius 3 is 2.60 bits per heavy atom. The minimum atomic E-state index is -0.193. The van der Waals surface area contributed by atoms with Crippen LogP contribution in [-0.4, -0.2) is 13.6 Å². The maximum Gasteiger partial charge on any atom is 0.123 e. The van der Waals surface area contributed by atoms with E-state index >= 15 is 0 Å². The van der Waals surface area contributed by atoms with E-state index in [0.717, 1.165) is 25.3 Å². The van der Waals surface area contributed by atoms with Gasteiger partial charge in [-0.15, -0.1) is 11.3 Å². The smallest absolute Gasteiger partial charge is 0.123 e. The van der Waals surface area contributed by atoms with Gasteiger partial charge in [-0.1, -0.05) is 6.92 Å². The lowest BCUT2D eigenvalue weighted by Gasteiger charge is -2.19. The molecular weight excluding hydrogens is 271 g/mol. The number of hydrogen-bond donors (Lipinski definition) is 1. The van der Waals surface area contributed by atoms with E-state index in [1.807, 2.05) is 30.5 Å². The van der Waals surface area contributed by atoms with Crippen LogP contribution in [0.15, 0.2) is 30.3 Å². The molecule has 0 aliphatic carbocycles. The second-order valence-electron chi connectivity index (χ2n) is 4.91. The van der Waals surface area contributed by atoms with E-state index in [1.165, 1.54) is 27.5 Å². The molecule has 0 bridgehead atoms. The lowest BCUT2D eigenvalue weighted by molar-refractivity contribution is 0.627. The van der Waals surface area contributed by atoms with Crippen molar-refractivity contribution in [2.75, 3.05) is 18.5 Å². The molecule has 4 heteroatoms. The molecule has 2 aromatic rings. The van der Waals surface area contributed by atoms with Crippen molar-refractivity contribution in [2.45, 2.75) is 26.9 Å². The zero-order chi connectivity index (χ0) is 14.5. The third kappa shape index (κ3) is 3.81. The predicted octanol–water partition coefficient (Wildman–Crippen LogP) is 3.94. The molecular formula is C16H21FN2S. The molecule has 2 rings (SSSR count). The van der Waals surface area contributed by atoms with Crippen molar-refractivity contribution in [1.29, 1.82) is 0 Å². The third-order valence-electron chi connectivity index (χ3n) is 3.30. The molecule has 108 valence electrons. The first-order valence-electron chi connectivity index (χ1n) is 6.85. The molecule has 0 aliphatic rings. The Bertz CT molecular complexity index is 548. The van der Waals surface area contributed by atoms with Gasteiger partial charge >= 0.3 is 0 Å². The van der Waals surface area contributed by atoms with Crippen LogP contribution >= 0.6 is 11.3 Å². The first kappa shape index (κ1) is 15.0. The molecule has 20 heavy (non-hydrogen) atoms. The van der Waals surface area contributed by atoms with Gasteiger partial charge in [0.15, 0.2) is 0 Å². The van der Waals surface area contributed by atoms with Gasteiger partial charge in [-0.3, -0.25) is 0 Å². The van der Waals surface area contributed by atoms with Crippen molar-refractivity contribution < 1.29 is 4.39 Å². The summed E-state index contributed by atoms with van der Waals surface area (Å²) < 4.78 is 12.9. The summed E-state index contributed by atoms with van der Waals surface area (Å²) in [6.45, 7) is 7.04. The number of benzene rings is 1. The Morgan fingerprint density at radius 2 is 1.95 bits per heavy atom. The molecule has 0 spiro atoms. The van der Waals surface area contributed by atoms with E-state index in [1.54, 1.807) is 0 Å². The van der Waals surface area contributed by atoms with Crippen LogP contribution in [0.5, 0.6) is 0 Å². The highest BCUT2D eigenvalue weighted by atomic mass is 32.1. The first-order valence-corrected chi connectivity index (χ1v) is 7.67. The molecule has 0 fully saturated rings. The van der Waals surface area contributed by atoms with E-state index in [9.17, 15) is 4.39 Å². The van der Waals surface area contributed by atoms with E-state index in [4.69, 9.17) is 0 Å². The Morgan fingerprint density at radius 1 is 1.25 bits per heavy atom. The number of anilines is 1. The molecule has 1 heterocycles. The third-order valence-corrected chi connectivity index (χ3v) is 4.39. The molecule has 1 N–H and O–H groups in total. The Balaban J connectivity index is 2.05. The quantitative estimate of drug-likeness (QED) is 0.867. The van der Waals surface area contributed by atoms with Crippen molar-refractivity contribution in [3.8, 4) is 0 Å². The Labute approximate surface area is 124 Å². The molecule has 1 aromatic heterocycles. The van der Waals surface area contributed by atoms with Crippen molar-refractivity contribution in [1.82, 2.24) is 5.32 Å². The van der Waals surface area contributed by atoms with Crippen LogP contribution in [0.25, 0.3) is 0 Å². The SMILES string of the molecule is CCNCc1cc(CN(C)c2ccc(F)cc2)c(C)s1. The van der Waals surface area contributed by atoms with Crippen molar-refractivity contribution >= 4 is 17.0 Å². The summed E-state index contributed by atoms with van der Waals surface area (Å²) >= 11 is 1.84. The summed E-state index contributed by atoms with van der Waals surface area (Å²) in [5.74, 6) is -0.193. The molecule has 0 radical (unpaired) electrons. The standard InChI is InChI=1S/C16H21FN2S/c1-4-18-10-16-9-13(12(2)20-16)11-19(3)15-7-5-14(17)6-8-15/h5-9,18H,4,10-11H2,1-3H3. The molecule has 0 atom stereocenters. The van der Waals surface area contributed by atoms with Crippen LogP contribution in [0.3, 0.4) is 0 Å². The lowest BCUT2D eigenvalue weighted by atomic mass is 10.2. The summed E-state index contributed by atoms with van der Waals surface area (Å²) in [4.78, 5) is 4.87. The van der Waals surface area contributed by atoms with E-state index in [2.05, 4.69) is 30.1 Å². The van der Waals surface area contributed by atoms with Crippen molar-refractivity contribution in [3.63, 3.8) is 0 Å². The number of nitrogens with one attached hydrogen (secondary N) is 1. The molecule has 0 aliphatic heterocycles. The average Bonchev–Trinajstić information content (AvgIpc) is 2.77. The van der Waals surface area contributed by atoms with Gasteiger partial charge in [-0.25, -0.2) is 4.39 Å². The van der Waals surface area contributed by atoms with Crippen LogP contribution in [0.4, 0.5) is 10.1 Å².